The predicted octanol–water partition coefficient (Wildman–Crippen LogP) is 4.51. The average Bonchev–Trinajstić information content (AvgIpc) is 2.53. The molecule has 4 rings (SSSR count). The number of hydrogen-bond acceptors (Lipinski definition) is 2. The zero-order valence-electron chi connectivity index (χ0n) is 12.5. The largest absolute Gasteiger partial charge is 0.312 e. The minimum Gasteiger partial charge on any atom is -0.312 e. The van der Waals surface area contributed by atoms with Gasteiger partial charge in [-0.1, -0.05) is 41.4 Å². The monoisotopic (exact) mass is 308 g/mol. The third-order valence-electron chi connectivity index (χ3n) is 4.34. The molecule has 0 saturated heterocycles. The lowest BCUT2D eigenvalue weighted by atomic mass is 9.97. The van der Waals surface area contributed by atoms with Crippen LogP contribution >= 0.6 is 11.6 Å². The SMILES string of the molecule is Cc1ccc(-c2cc3cc4c(cc3nc2Cl)CNCC4)cc1. The molecule has 0 spiro atoms. The van der Waals surface area contributed by atoms with Crippen LogP contribution in [-0.2, 0) is 13.0 Å². The van der Waals surface area contributed by atoms with Crippen LogP contribution in [0.25, 0.3) is 22.0 Å². The van der Waals surface area contributed by atoms with Gasteiger partial charge in [-0.15, -0.1) is 0 Å². The van der Waals surface area contributed by atoms with Crippen molar-refractivity contribution in [3.8, 4) is 11.1 Å². The van der Waals surface area contributed by atoms with E-state index in [9.17, 15) is 0 Å². The lowest BCUT2D eigenvalue weighted by Gasteiger charge is -2.18. The molecule has 0 atom stereocenters. The Bertz CT molecular complexity index is 853. The first-order valence-corrected chi connectivity index (χ1v) is 7.98. The van der Waals surface area contributed by atoms with E-state index in [4.69, 9.17) is 11.6 Å². The van der Waals surface area contributed by atoms with Gasteiger partial charge in [-0.3, -0.25) is 0 Å². The Kier molecular flexibility index (Phi) is 3.36. The summed E-state index contributed by atoms with van der Waals surface area (Å²) >= 11 is 6.43. The van der Waals surface area contributed by atoms with Gasteiger partial charge in [-0.2, -0.15) is 0 Å². The van der Waals surface area contributed by atoms with Crippen molar-refractivity contribution in [2.45, 2.75) is 19.9 Å². The van der Waals surface area contributed by atoms with E-state index in [2.05, 4.69) is 59.7 Å². The molecule has 2 nitrogen and oxygen atoms in total. The third kappa shape index (κ3) is 2.39. The number of aryl methyl sites for hydroxylation is 1. The number of rotatable bonds is 1. The topological polar surface area (TPSA) is 24.9 Å². The number of pyridine rings is 1. The molecule has 0 amide bonds. The molecule has 3 aromatic rings. The highest BCUT2D eigenvalue weighted by Gasteiger charge is 2.13. The Hall–Kier alpha value is -1.90. The van der Waals surface area contributed by atoms with E-state index in [1.54, 1.807) is 0 Å². The molecule has 110 valence electrons. The van der Waals surface area contributed by atoms with Crippen molar-refractivity contribution in [3.05, 3.63) is 64.3 Å². The molecule has 1 aromatic heterocycles. The molecule has 3 heteroatoms. The summed E-state index contributed by atoms with van der Waals surface area (Å²) in [6, 6.07) is 15.0. The van der Waals surface area contributed by atoms with Gasteiger partial charge >= 0.3 is 0 Å². The number of aromatic nitrogens is 1. The van der Waals surface area contributed by atoms with E-state index in [0.717, 1.165) is 36.2 Å². The maximum absolute atomic E-state index is 6.43. The van der Waals surface area contributed by atoms with E-state index in [1.807, 2.05) is 0 Å². The normalized spacial score (nSPS) is 14.1. The molecule has 1 N–H and O–H groups in total. The van der Waals surface area contributed by atoms with Gasteiger partial charge in [0.25, 0.3) is 0 Å². The predicted molar refractivity (Wildman–Crippen MR) is 92.3 cm³/mol. The van der Waals surface area contributed by atoms with Crippen LogP contribution < -0.4 is 5.32 Å². The average molecular weight is 309 g/mol. The lowest BCUT2D eigenvalue weighted by molar-refractivity contribution is 0.645. The fourth-order valence-corrected chi connectivity index (χ4v) is 3.32. The molecular weight excluding hydrogens is 292 g/mol. The molecule has 1 aliphatic rings. The molecule has 0 aliphatic carbocycles. The summed E-state index contributed by atoms with van der Waals surface area (Å²) < 4.78 is 0. The first-order chi connectivity index (χ1) is 10.7. The van der Waals surface area contributed by atoms with Crippen molar-refractivity contribution >= 4 is 22.5 Å². The van der Waals surface area contributed by atoms with Crippen LogP contribution in [0.1, 0.15) is 16.7 Å². The molecule has 0 saturated carbocycles. The lowest BCUT2D eigenvalue weighted by Crippen LogP contribution is -2.23. The second kappa shape index (κ2) is 5.38. The van der Waals surface area contributed by atoms with Crippen LogP contribution in [0.2, 0.25) is 5.15 Å². The van der Waals surface area contributed by atoms with Crippen LogP contribution in [-0.4, -0.2) is 11.5 Å². The van der Waals surface area contributed by atoms with Crippen LogP contribution in [0.15, 0.2) is 42.5 Å². The molecule has 2 aromatic carbocycles. The van der Waals surface area contributed by atoms with Crippen LogP contribution in [0.3, 0.4) is 0 Å². The summed E-state index contributed by atoms with van der Waals surface area (Å²) in [5.41, 5.74) is 7.10. The molecule has 0 fully saturated rings. The molecule has 1 aliphatic heterocycles. The van der Waals surface area contributed by atoms with Crippen molar-refractivity contribution in [2.75, 3.05) is 6.54 Å². The van der Waals surface area contributed by atoms with Crippen molar-refractivity contribution in [1.82, 2.24) is 10.3 Å². The van der Waals surface area contributed by atoms with E-state index in [1.165, 1.54) is 22.1 Å². The van der Waals surface area contributed by atoms with E-state index < -0.39 is 0 Å². The smallest absolute Gasteiger partial charge is 0.137 e. The van der Waals surface area contributed by atoms with E-state index in [0.29, 0.717) is 5.15 Å². The van der Waals surface area contributed by atoms with E-state index >= 15 is 0 Å². The summed E-state index contributed by atoms with van der Waals surface area (Å²) in [6.07, 6.45) is 1.08. The van der Waals surface area contributed by atoms with E-state index in [-0.39, 0.29) is 0 Å². The maximum atomic E-state index is 6.43. The standard InChI is InChI=1S/C19H17ClN2/c1-12-2-4-13(5-3-12)17-9-15-8-14-6-7-21-11-16(14)10-18(15)22-19(17)20/h2-5,8-10,21H,6-7,11H2,1H3. The number of halogens is 1. The second-order valence-electron chi connectivity index (χ2n) is 5.93. The minimum atomic E-state index is 0.570. The number of hydrogen-bond donors (Lipinski definition) is 1. The Balaban J connectivity index is 1.89. The number of fused-ring (bicyclic) bond motifs is 2. The Morgan fingerprint density at radius 3 is 2.68 bits per heavy atom. The number of benzene rings is 2. The summed E-state index contributed by atoms with van der Waals surface area (Å²) in [7, 11) is 0. The molecule has 0 radical (unpaired) electrons. The quantitative estimate of drug-likeness (QED) is 0.669. The molecule has 22 heavy (non-hydrogen) atoms. The summed E-state index contributed by atoms with van der Waals surface area (Å²) in [5, 5.41) is 5.14. The molecular formula is C19H17ClN2. The van der Waals surface area contributed by atoms with Gasteiger partial charge in [0.15, 0.2) is 0 Å². The van der Waals surface area contributed by atoms with Crippen molar-refractivity contribution in [1.29, 1.82) is 0 Å². The molecule has 0 bridgehead atoms. The van der Waals surface area contributed by atoms with Gasteiger partial charge in [0.05, 0.1) is 5.52 Å². The zero-order valence-corrected chi connectivity index (χ0v) is 13.2. The highest BCUT2D eigenvalue weighted by molar-refractivity contribution is 6.32. The van der Waals surface area contributed by atoms with Crippen LogP contribution in [0.5, 0.6) is 0 Å². The summed E-state index contributed by atoms with van der Waals surface area (Å²) in [6.45, 7) is 4.05. The first kappa shape index (κ1) is 13.7. The van der Waals surface area contributed by atoms with Gasteiger partial charge in [0.2, 0.25) is 0 Å². The summed E-state index contributed by atoms with van der Waals surface area (Å²) in [4.78, 5) is 4.62. The van der Waals surface area contributed by atoms with Gasteiger partial charge < -0.3 is 5.32 Å². The zero-order chi connectivity index (χ0) is 15.1. The maximum Gasteiger partial charge on any atom is 0.137 e. The van der Waals surface area contributed by atoms with Gasteiger partial charge in [0, 0.05) is 17.5 Å². The minimum absolute atomic E-state index is 0.570. The number of nitrogens with one attached hydrogen (secondary N) is 1. The Morgan fingerprint density at radius 1 is 1.05 bits per heavy atom. The van der Waals surface area contributed by atoms with Crippen molar-refractivity contribution < 1.29 is 0 Å². The van der Waals surface area contributed by atoms with Crippen LogP contribution in [0.4, 0.5) is 0 Å². The molecule has 2 heterocycles. The number of nitrogens with zero attached hydrogens (tertiary/aromatic N) is 1. The Morgan fingerprint density at radius 2 is 1.86 bits per heavy atom. The molecule has 0 unspecified atom stereocenters. The van der Waals surface area contributed by atoms with Crippen molar-refractivity contribution in [3.63, 3.8) is 0 Å². The highest BCUT2D eigenvalue weighted by Crippen LogP contribution is 2.31. The summed E-state index contributed by atoms with van der Waals surface area (Å²) in [5.74, 6) is 0. The van der Waals surface area contributed by atoms with Crippen LogP contribution in [0, 0.1) is 6.92 Å². The fraction of sp³-hybridized carbons (Fsp3) is 0.211. The Labute approximate surface area is 135 Å². The third-order valence-corrected chi connectivity index (χ3v) is 4.63. The second-order valence-corrected chi connectivity index (χ2v) is 6.29. The fourth-order valence-electron chi connectivity index (χ4n) is 3.07. The van der Waals surface area contributed by atoms with Gasteiger partial charge in [0.1, 0.15) is 5.15 Å². The van der Waals surface area contributed by atoms with Gasteiger partial charge in [-0.05, 0) is 54.8 Å². The highest BCUT2D eigenvalue weighted by atomic mass is 35.5. The first-order valence-electron chi connectivity index (χ1n) is 7.60. The van der Waals surface area contributed by atoms with Gasteiger partial charge in [-0.25, -0.2) is 4.98 Å². The van der Waals surface area contributed by atoms with Crippen molar-refractivity contribution in [2.24, 2.45) is 0 Å².